The van der Waals surface area contributed by atoms with Crippen LogP contribution in [0.1, 0.15) is 18.9 Å². The average Bonchev–Trinajstić information content (AvgIpc) is 2.51. The second kappa shape index (κ2) is 7.27. The number of ether oxygens (including phenoxy) is 2. The van der Waals surface area contributed by atoms with Crippen LogP contribution < -0.4 is 10.1 Å². The molecule has 0 amide bonds. The van der Waals surface area contributed by atoms with Crippen LogP contribution in [0.4, 0.5) is 0 Å². The lowest BCUT2D eigenvalue weighted by Gasteiger charge is -2.17. The SMILES string of the molecule is CCC(COC)NCc1ccc(OC)c2ccccc12. The second-order valence-electron chi connectivity index (χ2n) is 4.91. The molecule has 0 bridgehead atoms. The molecule has 0 radical (unpaired) electrons. The van der Waals surface area contributed by atoms with Gasteiger partial charge in [0.1, 0.15) is 5.75 Å². The van der Waals surface area contributed by atoms with E-state index in [0.717, 1.165) is 30.7 Å². The highest BCUT2D eigenvalue weighted by Crippen LogP contribution is 2.28. The molecule has 0 spiro atoms. The quantitative estimate of drug-likeness (QED) is 0.839. The van der Waals surface area contributed by atoms with Gasteiger partial charge in [-0.3, -0.25) is 0 Å². The summed E-state index contributed by atoms with van der Waals surface area (Å²) < 4.78 is 10.7. The Labute approximate surface area is 120 Å². The van der Waals surface area contributed by atoms with Gasteiger partial charge >= 0.3 is 0 Å². The molecule has 0 fully saturated rings. The summed E-state index contributed by atoms with van der Waals surface area (Å²) in [6, 6.07) is 12.9. The average molecular weight is 273 g/mol. The maximum atomic E-state index is 5.43. The van der Waals surface area contributed by atoms with E-state index >= 15 is 0 Å². The lowest BCUT2D eigenvalue weighted by molar-refractivity contribution is 0.164. The Balaban J connectivity index is 2.22. The molecule has 1 unspecified atom stereocenters. The van der Waals surface area contributed by atoms with Gasteiger partial charge in [0, 0.05) is 25.1 Å². The molecule has 2 aromatic carbocycles. The highest BCUT2D eigenvalue weighted by atomic mass is 16.5. The van der Waals surface area contributed by atoms with Crippen molar-refractivity contribution in [1.82, 2.24) is 5.32 Å². The maximum absolute atomic E-state index is 5.43. The van der Waals surface area contributed by atoms with Crippen LogP contribution in [0.5, 0.6) is 5.75 Å². The molecule has 3 heteroatoms. The molecule has 2 rings (SSSR count). The Bertz CT molecular complexity index is 554. The zero-order chi connectivity index (χ0) is 14.4. The van der Waals surface area contributed by atoms with Crippen molar-refractivity contribution in [2.24, 2.45) is 0 Å². The predicted molar refractivity (Wildman–Crippen MR) is 83.3 cm³/mol. The molecule has 0 aliphatic heterocycles. The lowest BCUT2D eigenvalue weighted by Crippen LogP contribution is -2.32. The van der Waals surface area contributed by atoms with E-state index in [9.17, 15) is 0 Å². The smallest absolute Gasteiger partial charge is 0.126 e. The number of nitrogens with one attached hydrogen (secondary N) is 1. The number of fused-ring (bicyclic) bond motifs is 1. The Hall–Kier alpha value is -1.58. The van der Waals surface area contributed by atoms with Crippen molar-refractivity contribution in [3.63, 3.8) is 0 Å². The zero-order valence-corrected chi connectivity index (χ0v) is 12.5. The van der Waals surface area contributed by atoms with Crippen molar-refractivity contribution in [2.75, 3.05) is 20.8 Å². The van der Waals surface area contributed by atoms with Crippen LogP contribution in [0.2, 0.25) is 0 Å². The summed E-state index contributed by atoms with van der Waals surface area (Å²) in [5.74, 6) is 0.924. The van der Waals surface area contributed by atoms with Crippen LogP contribution in [-0.4, -0.2) is 26.9 Å². The topological polar surface area (TPSA) is 30.5 Å². The first-order valence-electron chi connectivity index (χ1n) is 7.07. The summed E-state index contributed by atoms with van der Waals surface area (Å²) in [6.45, 7) is 3.75. The van der Waals surface area contributed by atoms with Gasteiger partial charge in [-0.2, -0.15) is 0 Å². The first-order chi connectivity index (χ1) is 9.80. The van der Waals surface area contributed by atoms with Gasteiger partial charge in [0.05, 0.1) is 13.7 Å². The Kier molecular flexibility index (Phi) is 5.39. The fourth-order valence-electron chi connectivity index (χ4n) is 2.44. The van der Waals surface area contributed by atoms with Gasteiger partial charge in [-0.1, -0.05) is 37.3 Å². The van der Waals surface area contributed by atoms with Crippen LogP contribution in [-0.2, 0) is 11.3 Å². The van der Waals surface area contributed by atoms with Gasteiger partial charge in [0.25, 0.3) is 0 Å². The summed E-state index contributed by atoms with van der Waals surface area (Å²) in [5, 5.41) is 5.95. The van der Waals surface area contributed by atoms with Gasteiger partial charge in [0.2, 0.25) is 0 Å². The maximum Gasteiger partial charge on any atom is 0.126 e. The van der Waals surface area contributed by atoms with Crippen molar-refractivity contribution >= 4 is 10.8 Å². The summed E-state index contributed by atoms with van der Waals surface area (Å²) in [6.07, 6.45) is 1.06. The van der Waals surface area contributed by atoms with Crippen LogP contribution in [0.15, 0.2) is 36.4 Å². The first-order valence-corrected chi connectivity index (χ1v) is 7.07. The largest absolute Gasteiger partial charge is 0.496 e. The third-order valence-electron chi connectivity index (χ3n) is 3.64. The van der Waals surface area contributed by atoms with E-state index in [1.165, 1.54) is 10.9 Å². The fraction of sp³-hybridized carbons (Fsp3) is 0.412. The minimum absolute atomic E-state index is 0.390. The van der Waals surface area contributed by atoms with Crippen LogP contribution in [0.3, 0.4) is 0 Å². The van der Waals surface area contributed by atoms with Gasteiger partial charge in [-0.15, -0.1) is 0 Å². The molecular formula is C17H23NO2. The molecule has 0 aliphatic rings. The summed E-state index contributed by atoms with van der Waals surface area (Å²) >= 11 is 0. The van der Waals surface area contributed by atoms with Crippen LogP contribution in [0, 0.1) is 0 Å². The van der Waals surface area contributed by atoms with E-state index < -0.39 is 0 Å². The Morgan fingerprint density at radius 3 is 2.45 bits per heavy atom. The third kappa shape index (κ3) is 3.30. The van der Waals surface area contributed by atoms with E-state index in [4.69, 9.17) is 9.47 Å². The van der Waals surface area contributed by atoms with E-state index in [1.807, 2.05) is 12.1 Å². The zero-order valence-electron chi connectivity index (χ0n) is 12.5. The van der Waals surface area contributed by atoms with Gasteiger partial charge in [-0.05, 0) is 23.4 Å². The van der Waals surface area contributed by atoms with Crippen LogP contribution >= 0.6 is 0 Å². The minimum atomic E-state index is 0.390. The Morgan fingerprint density at radius 1 is 1.05 bits per heavy atom. The molecule has 0 heterocycles. The summed E-state index contributed by atoms with van der Waals surface area (Å²) in [4.78, 5) is 0. The molecular weight excluding hydrogens is 250 g/mol. The highest BCUT2D eigenvalue weighted by Gasteiger charge is 2.08. The second-order valence-corrected chi connectivity index (χ2v) is 4.91. The highest BCUT2D eigenvalue weighted by molar-refractivity contribution is 5.91. The molecule has 20 heavy (non-hydrogen) atoms. The van der Waals surface area contributed by atoms with Crippen molar-refractivity contribution < 1.29 is 9.47 Å². The summed E-state index contributed by atoms with van der Waals surface area (Å²) in [5.41, 5.74) is 1.29. The molecule has 1 atom stereocenters. The number of benzene rings is 2. The van der Waals surface area contributed by atoms with E-state index in [-0.39, 0.29) is 0 Å². The third-order valence-corrected chi connectivity index (χ3v) is 3.64. The Morgan fingerprint density at radius 2 is 1.80 bits per heavy atom. The summed E-state index contributed by atoms with van der Waals surface area (Å²) in [7, 11) is 3.46. The van der Waals surface area contributed by atoms with E-state index in [0.29, 0.717) is 6.04 Å². The molecule has 108 valence electrons. The number of hydrogen-bond donors (Lipinski definition) is 1. The minimum Gasteiger partial charge on any atom is -0.496 e. The van der Waals surface area contributed by atoms with Gasteiger partial charge in [-0.25, -0.2) is 0 Å². The van der Waals surface area contributed by atoms with Crippen molar-refractivity contribution in [1.29, 1.82) is 0 Å². The van der Waals surface area contributed by atoms with E-state index in [1.54, 1.807) is 14.2 Å². The number of methoxy groups -OCH3 is 2. The fourth-order valence-corrected chi connectivity index (χ4v) is 2.44. The number of rotatable bonds is 7. The van der Waals surface area contributed by atoms with E-state index in [2.05, 4.69) is 36.5 Å². The van der Waals surface area contributed by atoms with Gasteiger partial charge < -0.3 is 14.8 Å². The molecule has 0 saturated heterocycles. The lowest BCUT2D eigenvalue weighted by atomic mass is 10.0. The molecule has 1 N–H and O–H groups in total. The molecule has 0 saturated carbocycles. The van der Waals surface area contributed by atoms with Gasteiger partial charge in [0.15, 0.2) is 0 Å². The van der Waals surface area contributed by atoms with Crippen molar-refractivity contribution in [3.8, 4) is 5.75 Å². The molecule has 2 aromatic rings. The first kappa shape index (κ1) is 14.8. The molecule has 0 aromatic heterocycles. The van der Waals surface area contributed by atoms with Crippen LogP contribution in [0.25, 0.3) is 10.8 Å². The van der Waals surface area contributed by atoms with Crippen molar-refractivity contribution in [3.05, 3.63) is 42.0 Å². The molecule has 0 aliphatic carbocycles. The number of hydrogen-bond acceptors (Lipinski definition) is 3. The molecule has 3 nitrogen and oxygen atoms in total. The predicted octanol–water partition coefficient (Wildman–Crippen LogP) is 3.36. The standard InChI is InChI=1S/C17H23NO2/c1-4-14(12-19-2)18-11-13-9-10-17(20-3)16-8-6-5-7-15(13)16/h5-10,14,18H,4,11-12H2,1-3H3. The monoisotopic (exact) mass is 273 g/mol. The normalized spacial score (nSPS) is 12.6. The van der Waals surface area contributed by atoms with Crippen molar-refractivity contribution in [2.45, 2.75) is 25.9 Å².